The van der Waals surface area contributed by atoms with Gasteiger partial charge in [0.2, 0.25) is 0 Å². The molecule has 0 aliphatic carbocycles. The van der Waals surface area contributed by atoms with Crippen LogP contribution in [-0.2, 0) is 13.2 Å². The Morgan fingerprint density at radius 3 is 2.04 bits per heavy atom. The first-order valence-corrected chi connectivity index (χ1v) is 8.17. The standard InChI is InChI=1S/C22H22O2/c1-17-8-7-12-21(14-17)23-15-19-10-4-5-11-20(19)16-24-22-13-6-3-9-18(22)2/h3-14H,15-16H2,1-2H3. The lowest BCUT2D eigenvalue weighted by atomic mass is 10.1. The van der Waals surface area contributed by atoms with Crippen molar-refractivity contribution in [2.75, 3.05) is 0 Å². The van der Waals surface area contributed by atoms with Crippen LogP contribution in [0.1, 0.15) is 22.3 Å². The highest BCUT2D eigenvalue weighted by atomic mass is 16.5. The SMILES string of the molecule is Cc1cccc(OCc2ccccc2COc2ccccc2C)c1. The molecular formula is C22H22O2. The number of ether oxygens (including phenoxy) is 2. The lowest BCUT2D eigenvalue weighted by Crippen LogP contribution is -2.04. The van der Waals surface area contributed by atoms with Gasteiger partial charge in [0.1, 0.15) is 24.7 Å². The molecule has 0 aromatic heterocycles. The smallest absolute Gasteiger partial charge is 0.122 e. The van der Waals surface area contributed by atoms with Crippen LogP contribution >= 0.6 is 0 Å². The molecule has 2 heteroatoms. The topological polar surface area (TPSA) is 18.5 Å². The first-order chi connectivity index (χ1) is 11.7. The van der Waals surface area contributed by atoms with Gasteiger partial charge in [-0.15, -0.1) is 0 Å². The zero-order valence-corrected chi connectivity index (χ0v) is 14.2. The van der Waals surface area contributed by atoms with Crippen molar-refractivity contribution < 1.29 is 9.47 Å². The Bertz CT molecular complexity index is 808. The fourth-order valence-corrected chi connectivity index (χ4v) is 2.58. The maximum Gasteiger partial charge on any atom is 0.122 e. The summed E-state index contributed by atoms with van der Waals surface area (Å²) in [6.07, 6.45) is 0. The average molecular weight is 318 g/mol. The molecule has 0 amide bonds. The zero-order valence-electron chi connectivity index (χ0n) is 14.2. The van der Waals surface area contributed by atoms with Gasteiger partial charge in [0.15, 0.2) is 0 Å². The molecular weight excluding hydrogens is 296 g/mol. The molecule has 0 fully saturated rings. The van der Waals surface area contributed by atoms with E-state index in [4.69, 9.17) is 9.47 Å². The summed E-state index contributed by atoms with van der Waals surface area (Å²) >= 11 is 0. The highest BCUT2D eigenvalue weighted by molar-refractivity contribution is 5.33. The third kappa shape index (κ3) is 4.17. The van der Waals surface area contributed by atoms with E-state index >= 15 is 0 Å². The van der Waals surface area contributed by atoms with E-state index in [0.717, 1.165) is 28.2 Å². The van der Waals surface area contributed by atoms with Crippen LogP contribution in [0, 0.1) is 13.8 Å². The molecule has 2 nitrogen and oxygen atoms in total. The molecule has 0 N–H and O–H groups in total. The van der Waals surface area contributed by atoms with Crippen LogP contribution in [0.3, 0.4) is 0 Å². The van der Waals surface area contributed by atoms with Crippen LogP contribution < -0.4 is 9.47 Å². The van der Waals surface area contributed by atoms with E-state index < -0.39 is 0 Å². The van der Waals surface area contributed by atoms with Gasteiger partial charge in [0.25, 0.3) is 0 Å². The van der Waals surface area contributed by atoms with E-state index in [1.807, 2.05) is 48.5 Å². The second-order valence-corrected chi connectivity index (χ2v) is 5.93. The Kier molecular flexibility index (Phi) is 5.17. The van der Waals surface area contributed by atoms with E-state index in [9.17, 15) is 0 Å². The Morgan fingerprint density at radius 2 is 1.33 bits per heavy atom. The van der Waals surface area contributed by atoms with E-state index in [-0.39, 0.29) is 0 Å². The van der Waals surface area contributed by atoms with Crippen LogP contribution in [0.15, 0.2) is 72.8 Å². The second kappa shape index (κ2) is 7.69. The third-order valence-corrected chi connectivity index (χ3v) is 3.98. The fourth-order valence-electron chi connectivity index (χ4n) is 2.58. The first kappa shape index (κ1) is 16.1. The van der Waals surface area contributed by atoms with Crippen molar-refractivity contribution in [1.82, 2.24) is 0 Å². The molecule has 0 saturated carbocycles. The van der Waals surface area contributed by atoms with Crippen molar-refractivity contribution in [2.24, 2.45) is 0 Å². The van der Waals surface area contributed by atoms with Crippen molar-refractivity contribution in [3.63, 3.8) is 0 Å². The summed E-state index contributed by atoms with van der Waals surface area (Å²) in [6.45, 7) is 5.20. The summed E-state index contributed by atoms with van der Waals surface area (Å²) in [6, 6.07) is 24.4. The zero-order chi connectivity index (χ0) is 16.8. The maximum atomic E-state index is 5.98. The van der Waals surface area contributed by atoms with Gasteiger partial charge in [-0.1, -0.05) is 54.6 Å². The van der Waals surface area contributed by atoms with Crippen molar-refractivity contribution >= 4 is 0 Å². The van der Waals surface area contributed by atoms with Crippen LogP contribution in [0.25, 0.3) is 0 Å². The minimum Gasteiger partial charge on any atom is -0.489 e. The van der Waals surface area contributed by atoms with E-state index in [0.29, 0.717) is 13.2 Å². The molecule has 0 aliphatic heterocycles. The molecule has 0 bridgehead atoms. The summed E-state index contributed by atoms with van der Waals surface area (Å²) < 4.78 is 11.9. The largest absolute Gasteiger partial charge is 0.489 e. The molecule has 3 aromatic carbocycles. The van der Waals surface area contributed by atoms with Crippen LogP contribution in [0.2, 0.25) is 0 Å². The van der Waals surface area contributed by atoms with Crippen molar-refractivity contribution in [3.8, 4) is 11.5 Å². The van der Waals surface area contributed by atoms with Crippen molar-refractivity contribution in [1.29, 1.82) is 0 Å². The monoisotopic (exact) mass is 318 g/mol. The van der Waals surface area contributed by atoms with Gasteiger partial charge in [-0.05, 0) is 54.3 Å². The predicted molar refractivity (Wildman–Crippen MR) is 97.5 cm³/mol. The molecule has 0 radical (unpaired) electrons. The summed E-state index contributed by atoms with van der Waals surface area (Å²) in [5.74, 6) is 1.82. The molecule has 0 saturated heterocycles. The number of para-hydroxylation sites is 1. The van der Waals surface area contributed by atoms with Crippen LogP contribution in [0.4, 0.5) is 0 Å². The quantitative estimate of drug-likeness (QED) is 0.600. The van der Waals surface area contributed by atoms with E-state index in [1.165, 1.54) is 5.56 Å². The van der Waals surface area contributed by atoms with Crippen molar-refractivity contribution in [3.05, 3.63) is 95.1 Å². The number of hydrogen-bond donors (Lipinski definition) is 0. The first-order valence-electron chi connectivity index (χ1n) is 8.17. The van der Waals surface area contributed by atoms with Gasteiger partial charge in [-0.2, -0.15) is 0 Å². The van der Waals surface area contributed by atoms with E-state index in [2.05, 4.69) is 38.1 Å². The average Bonchev–Trinajstić information content (AvgIpc) is 2.60. The molecule has 0 spiro atoms. The predicted octanol–water partition coefficient (Wildman–Crippen LogP) is 5.46. The molecule has 0 aliphatic rings. The second-order valence-electron chi connectivity index (χ2n) is 5.93. The van der Waals surface area contributed by atoms with Crippen LogP contribution in [-0.4, -0.2) is 0 Å². The number of benzene rings is 3. The van der Waals surface area contributed by atoms with Gasteiger partial charge in [0.05, 0.1) is 0 Å². The van der Waals surface area contributed by atoms with Gasteiger partial charge in [0, 0.05) is 0 Å². The summed E-state index contributed by atoms with van der Waals surface area (Å²) in [5, 5.41) is 0. The number of rotatable bonds is 6. The summed E-state index contributed by atoms with van der Waals surface area (Å²) in [4.78, 5) is 0. The van der Waals surface area contributed by atoms with Gasteiger partial charge < -0.3 is 9.47 Å². The van der Waals surface area contributed by atoms with E-state index in [1.54, 1.807) is 0 Å². The summed E-state index contributed by atoms with van der Waals surface area (Å²) in [5.41, 5.74) is 4.63. The third-order valence-electron chi connectivity index (χ3n) is 3.98. The maximum absolute atomic E-state index is 5.98. The number of hydrogen-bond acceptors (Lipinski definition) is 2. The lowest BCUT2D eigenvalue weighted by molar-refractivity contribution is 0.284. The van der Waals surface area contributed by atoms with Crippen molar-refractivity contribution in [2.45, 2.75) is 27.1 Å². The molecule has 122 valence electrons. The number of aryl methyl sites for hydroxylation is 2. The van der Waals surface area contributed by atoms with Crippen LogP contribution in [0.5, 0.6) is 11.5 Å². The fraction of sp³-hybridized carbons (Fsp3) is 0.182. The summed E-state index contributed by atoms with van der Waals surface area (Å²) in [7, 11) is 0. The Balaban J connectivity index is 1.68. The Labute approximate surface area is 143 Å². The highest BCUT2D eigenvalue weighted by Crippen LogP contribution is 2.20. The highest BCUT2D eigenvalue weighted by Gasteiger charge is 2.05. The molecule has 3 aromatic rings. The van der Waals surface area contributed by atoms with Gasteiger partial charge in [-0.3, -0.25) is 0 Å². The molecule has 0 heterocycles. The normalized spacial score (nSPS) is 10.4. The minimum atomic E-state index is 0.538. The minimum absolute atomic E-state index is 0.538. The van der Waals surface area contributed by atoms with Gasteiger partial charge >= 0.3 is 0 Å². The molecule has 24 heavy (non-hydrogen) atoms. The molecule has 3 rings (SSSR count). The lowest BCUT2D eigenvalue weighted by Gasteiger charge is -2.13. The Hall–Kier alpha value is -2.74. The molecule has 0 unspecified atom stereocenters. The Morgan fingerprint density at radius 1 is 0.667 bits per heavy atom. The molecule has 0 atom stereocenters. The van der Waals surface area contributed by atoms with Gasteiger partial charge in [-0.25, -0.2) is 0 Å².